The van der Waals surface area contributed by atoms with Gasteiger partial charge in [0.05, 0.1) is 38.3 Å². The molecule has 22 atom stereocenters. The van der Waals surface area contributed by atoms with E-state index in [1.807, 2.05) is 0 Å². The van der Waals surface area contributed by atoms with E-state index in [2.05, 4.69) is 0 Å². The minimum absolute atomic E-state index is 0.0149. The molecule has 28 nitrogen and oxygen atoms in total. The van der Waals surface area contributed by atoms with Crippen molar-refractivity contribution in [3.63, 3.8) is 0 Å². The third-order valence-electron chi connectivity index (χ3n) is 14.8. The number of hydrogen-bond donors (Lipinski definition) is 16. The molecule has 6 aliphatic rings. The second-order valence-corrected chi connectivity index (χ2v) is 20.5. The van der Waals surface area contributed by atoms with E-state index in [1.165, 1.54) is 50.2 Å². The first-order valence-corrected chi connectivity index (χ1v) is 26.0. The first-order chi connectivity index (χ1) is 39.0. The Morgan fingerprint density at radius 1 is 0.439 bits per heavy atom. The molecule has 82 heavy (non-hydrogen) atoms. The molecule has 6 heterocycles. The number of ether oxygens (including phenoxy) is 10. The fourth-order valence-corrected chi connectivity index (χ4v) is 10.1. The minimum Gasteiger partial charge on any atom is -0.508 e. The summed E-state index contributed by atoms with van der Waals surface area (Å²) in [4.78, 5) is 25.7. The fraction of sp³-hybridized carbons (Fsp3) is 0.519. The van der Waals surface area contributed by atoms with E-state index in [-0.39, 0.29) is 58.5 Å². The van der Waals surface area contributed by atoms with Crippen LogP contribution in [0.15, 0.2) is 72.8 Å². The van der Waals surface area contributed by atoms with Crippen LogP contribution in [0.4, 0.5) is 0 Å². The smallest absolute Gasteiger partial charge is 0.229 e. The summed E-state index contributed by atoms with van der Waals surface area (Å²) in [6.45, 7) is 1.43. The molecular weight excluding hydrogens is 1100 g/mol. The van der Waals surface area contributed by atoms with Crippen molar-refractivity contribution in [2.45, 2.75) is 162 Å². The lowest BCUT2D eigenvalue weighted by Gasteiger charge is -2.45. The Kier molecular flexibility index (Phi) is 18.4. The average molecular weight is 1160 g/mol. The molecule has 0 aliphatic carbocycles. The highest BCUT2D eigenvalue weighted by molar-refractivity contribution is 6.03. The second-order valence-electron chi connectivity index (χ2n) is 20.5. The monoisotopic (exact) mass is 1160 g/mol. The van der Waals surface area contributed by atoms with E-state index in [1.54, 1.807) is 24.3 Å². The number of carbonyl (C=O) groups excluding carboxylic acids is 2. The number of aliphatic hydroxyl groups excluding tert-OH is 12. The van der Waals surface area contributed by atoms with Crippen LogP contribution in [-0.4, -0.2) is 229 Å². The molecule has 0 spiro atoms. The maximum atomic E-state index is 12.9. The Morgan fingerprint density at radius 2 is 0.793 bits per heavy atom. The number of aliphatic hydroxyl groups is 12. The third kappa shape index (κ3) is 12.4. The van der Waals surface area contributed by atoms with E-state index in [9.17, 15) is 91.3 Å². The summed E-state index contributed by atoms with van der Waals surface area (Å²) in [5, 5.41) is 163. The lowest BCUT2D eigenvalue weighted by Crippen LogP contribution is -2.64. The van der Waals surface area contributed by atoms with Crippen LogP contribution < -0.4 is 18.9 Å². The van der Waals surface area contributed by atoms with Gasteiger partial charge in [0.2, 0.25) is 12.6 Å². The Bertz CT molecular complexity index is 2670. The molecule has 16 N–H and O–H groups in total. The Hall–Kier alpha value is -6.10. The molecule has 0 radical (unpaired) electrons. The van der Waals surface area contributed by atoms with Crippen molar-refractivity contribution in [3.05, 3.63) is 95.1 Å². The van der Waals surface area contributed by atoms with E-state index >= 15 is 0 Å². The van der Waals surface area contributed by atoms with Crippen LogP contribution in [0, 0.1) is 0 Å². The van der Waals surface area contributed by atoms with E-state index in [0.717, 1.165) is 12.1 Å². The molecule has 10 rings (SSSR count). The summed E-state index contributed by atoms with van der Waals surface area (Å²) in [5.74, 6) is -1.89. The zero-order valence-corrected chi connectivity index (χ0v) is 43.5. The SMILES string of the molecule is C[C@@H]1O[C@@H](O[C@H]2[C@H](Oc3cc(O)c4c(c3)O[C@H](c3ccc(O)cc3)CC4=O)O[C@H](CO)[C@@H](O)[C@@H]2O)[C@H](O)[C@H](O)[C@H]1O.C[C@@H]1O[C@@H](O[C@H]2[C@H](Oc3cc(O)c4c(c3)O[C@H](c3ccc(O)cc3)CC4=O)O[C@H](CO)[C@@H](O)[C@@H]2O)[C@H](O)[C@H](O)[C@H]1O. The lowest BCUT2D eigenvalue weighted by molar-refractivity contribution is -0.354. The quantitative estimate of drug-likeness (QED) is 0.0707. The van der Waals surface area contributed by atoms with Crippen LogP contribution in [0.5, 0.6) is 46.0 Å². The average Bonchev–Trinajstić information content (AvgIpc) is 3.18. The highest BCUT2D eigenvalue weighted by Gasteiger charge is 2.53. The molecule has 0 aromatic heterocycles. The van der Waals surface area contributed by atoms with Gasteiger partial charge in [-0.1, -0.05) is 24.3 Å². The molecule has 4 fully saturated rings. The summed E-state index contributed by atoms with van der Waals surface area (Å²) in [6, 6.07) is 17.0. The van der Waals surface area contributed by atoms with Crippen molar-refractivity contribution in [1.82, 2.24) is 0 Å². The molecular formula is C54H64O28. The Balaban J connectivity index is 0.000000198. The third-order valence-corrected chi connectivity index (χ3v) is 14.8. The highest BCUT2D eigenvalue weighted by Crippen LogP contribution is 2.45. The van der Waals surface area contributed by atoms with Crippen molar-refractivity contribution in [3.8, 4) is 46.0 Å². The first kappa shape index (κ1) is 60.5. The zero-order valence-electron chi connectivity index (χ0n) is 43.5. The van der Waals surface area contributed by atoms with Crippen LogP contribution in [0.1, 0.15) is 70.7 Å². The number of phenols is 4. The number of hydrogen-bond acceptors (Lipinski definition) is 28. The van der Waals surface area contributed by atoms with E-state index in [0.29, 0.717) is 11.1 Å². The van der Waals surface area contributed by atoms with Crippen LogP contribution >= 0.6 is 0 Å². The predicted molar refractivity (Wildman–Crippen MR) is 268 cm³/mol. The molecule has 4 aromatic rings. The van der Waals surface area contributed by atoms with Gasteiger partial charge >= 0.3 is 0 Å². The van der Waals surface area contributed by atoms with Gasteiger partial charge in [0, 0.05) is 24.3 Å². The number of Topliss-reactive ketones (excluding diaryl/α,β-unsaturated/α-hetero) is 2. The topological polar surface area (TPSA) is 450 Å². The molecule has 28 heteroatoms. The van der Waals surface area contributed by atoms with Crippen molar-refractivity contribution < 1.29 is 139 Å². The van der Waals surface area contributed by atoms with E-state index in [4.69, 9.17) is 47.4 Å². The number of aromatic hydroxyl groups is 4. The molecule has 4 aromatic carbocycles. The van der Waals surface area contributed by atoms with Gasteiger partial charge in [-0.2, -0.15) is 0 Å². The molecule has 0 amide bonds. The highest BCUT2D eigenvalue weighted by atomic mass is 16.8. The van der Waals surface area contributed by atoms with Gasteiger partial charge in [-0.15, -0.1) is 0 Å². The van der Waals surface area contributed by atoms with Crippen molar-refractivity contribution in [2.75, 3.05) is 13.2 Å². The summed E-state index contributed by atoms with van der Waals surface area (Å²) >= 11 is 0. The van der Waals surface area contributed by atoms with Gasteiger partial charge in [0.15, 0.2) is 36.4 Å². The lowest BCUT2D eigenvalue weighted by atomic mass is 9.95. The summed E-state index contributed by atoms with van der Waals surface area (Å²) in [6.07, 6.45) is -32.0. The van der Waals surface area contributed by atoms with Crippen LogP contribution in [0.2, 0.25) is 0 Å². The number of benzene rings is 4. The van der Waals surface area contributed by atoms with Gasteiger partial charge < -0.3 is 129 Å². The summed E-state index contributed by atoms with van der Waals surface area (Å²) < 4.78 is 57.1. The molecule has 4 saturated heterocycles. The number of fused-ring (bicyclic) bond motifs is 2. The normalized spacial score (nSPS) is 37.2. The minimum atomic E-state index is -1.75. The maximum absolute atomic E-state index is 12.9. The molecule has 448 valence electrons. The molecule has 0 bridgehead atoms. The molecule has 0 saturated carbocycles. The van der Waals surface area contributed by atoms with Crippen LogP contribution in [0.25, 0.3) is 0 Å². The van der Waals surface area contributed by atoms with Gasteiger partial charge in [-0.25, -0.2) is 0 Å². The summed E-state index contributed by atoms with van der Waals surface area (Å²) in [5.41, 5.74) is 1.06. The fourth-order valence-electron chi connectivity index (χ4n) is 10.1. The number of ketones is 2. The largest absolute Gasteiger partial charge is 0.508 e. The van der Waals surface area contributed by atoms with Crippen molar-refractivity contribution in [1.29, 1.82) is 0 Å². The standard InChI is InChI=1S/2C27H32O14/c2*1-10-20(32)22(34)24(36)26(37-10)41-25-23(35)21(33)18(9-28)40-27(25)38-13-6-14(30)19-15(31)8-16(39-17(19)7-13)11-2-4-12(29)5-3-11/h2*2-7,10,16,18,20-30,32-36H,8-9H2,1H3/t2*10-,16-,18+,20-,21+,22+,23-,24+,25+,26-,27+/m00/s1. The van der Waals surface area contributed by atoms with Gasteiger partial charge in [-0.3, -0.25) is 9.59 Å². The first-order valence-electron chi connectivity index (χ1n) is 26.0. The van der Waals surface area contributed by atoms with Gasteiger partial charge in [-0.05, 0) is 49.2 Å². The van der Waals surface area contributed by atoms with Crippen molar-refractivity contribution in [2.24, 2.45) is 0 Å². The molecule has 0 unspecified atom stereocenters. The predicted octanol–water partition coefficient (Wildman–Crippen LogP) is -2.33. The number of rotatable bonds is 12. The second kappa shape index (κ2) is 25.0. The van der Waals surface area contributed by atoms with E-state index < -0.39 is 171 Å². The maximum Gasteiger partial charge on any atom is 0.229 e. The Labute approximate surface area is 465 Å². The zero-order chi connectivity index (χ0) is 59.2. The van der Waals surface area contributed by atoms with Crippen LogP contribution in [0.3, 0.4) is 0 Å². The number of phenolic OH excluding ortho intramolecular Hbond substituents is 4. The molecule has 6 aliphatic heterocycles. The Morgan fingerprint density at radius 3 is 1.13 bits per heavy atom. The number of carbonyl (C=O) groups is 2. The van der Waals surface area contributed by atoms with Gasteiger partial charge in [0.1, 0.15) is 143 Å². The summed E-state index contributed by atoms with van der Waals surface area (Å²) in [7, 11) is 0. The van der Waals surface area contributed by atoms with Gasteiger partial charge in [0.25, 0.3) is 0 Å². The van der Waals surface area contributed by atoms with Crippen LogP contribution in [-0.2, 0) is 28.4 Å². The van der Waals surface area contributed by atoms with Crippen molar-refractivity contribution >= 4 is 11.6 Å².